The molecule has 0 radical (unpaired) electrons. The number of allylic oxidation sites excluding steroid dienone is 3. The van der Waals surface area contributed by atoms with Crippen molar-refractivity contribution >= 4 is 23.3 Å². The van der Waals surface area contributed by atoms with Gasteiger partial charge in [-0.05, 0) is 68.9 Å². The fraction of sp³-hybridized carbons (Fsp3) is 0.673. The second-order valence-electron chi connectivity index (χ2n) is 15.5. The average Bonchev–Trinajstić information content (AvgIpc) is 3.21. The summed E-state index contributed by atoms with van der Waals surface area (Å²) in [6, 6.07) is 3.13. The molecule has 8 nitrogen and oxygen atoms in total. The van der Waals surface area contributed by atoms with Crippen molar-refractivity contribution in [1.82, 2.24) is 0 Å². The summed E-state index contributed by atoms with van der Waals surface area (Å²) in [7, 11) is 0. The van der Waals surface area contributed by atoms with Crippen LogP contribution < -0.4 is 14.2 Å². The van der Waals surface area contributed by atoms with Crippen LogP contribution >= 0.6 is 0 Å². The number of benzene rings is 1. The smallest absolute Gasteiger partial charge is 0.335 e. The molecular formula is C49H78O8. The summed E-state index contributed by atoms with van der Waals surface area (Å²) in [6.07, 6.45) is 35.5. The minimum atomic E-state index is -1.03. The summed E-state index contributed by atoms with van der Waals surface area (Å²) in [5, 5.41) is 9.92. The first kappa shape index (κ1) is 51.3. The van der Waals surface area contributed by atoms with Crippen molar-refractivity contribution in [2.24, 2.45) is 0 Å². The second kappa shape index (κ2) is 36.6. The third kappa shape index (κ3) is 29.2. The largest absolute Gasteiger partial charge is 0.490 e. The normalized spacial score (nSPS) is 10.9. The maximum absolute atomic E-state index is 12.1. The number of hydrogen-bond donors (Lipinski definition) is 1. The van der Waals surface area contributed by atoms with E-state index >= 15 is 0 Å². The Bertz CT molecular complexity index is 1200. The minimum Gasteiger partial charge on any atom is -0.490 e. The van der Waals surface area contributed by atoms with E-state index in [1.54, 1.807) is 12.1 Å². The molecular weight excluding hydrogens is 717 g/mol. The molecule has 0 aliphatic heterocycles. The first-order valence-corrected chi connectivity index (χ1v) is 22.6. The van der Waals surface area contributed by atoms with Crippen molar-refractivity contribution in [3.8, 4) is 17.2 Å². The molecule has 0 spiro atoms. The SMILES string of the molecule is C=CC(=O)CCCCCCCCCCCOc1cc(C(=O)O)cc(OCCCCCCCCCCCC(=O)C=C)c1OCCCCCCCCCCCC(=O)C=C. The van der Waals surface area contributed by atoms with Crippen LogP contribution in [0.3, 0.4) is 0 Å². The van der Waals surface area contributed by atoms with E-state index in [9.17, 15) is 24.3 Å². The molecule has 0 aliphatic rings. The molecule has 0 atom stereocenters. The molecule has 0 saturated heterocycles. The van der Waals surface area contributed by atoms with Crippen LogP contribution in [0.15, 0.2) is 50.1 Å². The van der Waals surface area contributed by atoms with Crippen molar-refractivity contribution in [3.63, 3.8) is 0 Å². The van der Waals surface area contributed by atoms with E-state index in [1.807, 2.05) is 0 Å². The molecule has 0 heterocycles. The Kier molecular flexibility index (Phi) is 33.0. The number of ketones is 3. The van der Waals surface area contributed by atoms with Crippen LogP contribution in [0, 0.1) is 0 Å². The number of hydrogen-bond acceptors (Lipinski definition) is 7. The first-order valence-electron chi connectivity index (χ1n) is 22.6. The van der Waals surface area contributed by atoms with E-state index in [-0.39, 0.29) is 22.9 Å². The van der Waals surface area contributed by atoms with Crippen LogP contribution in [0.1, 0.15) is 203 Å². The van der Waals surface area contributed by atoms with Gasteiger partial charge >= 0.3 is 5.97 Å². The van der Waals surface area contributed by atoms with Gasteiger partial charge in [0.1, 0.15) is 0 Å². The maximum atomic E-state index is 12.1. The number of aromatic carboxylic acids is 1. The molecule has 1 aromatic carbocycles. The van der Waals surface area contributed by atoms with Gasteiger partial charge < -0.3 is 19.3 Å². The lowest BCUT2D eigenvalue weighted by Gasteiger charge is -2.18. The van der Waals surface area contributed by atoms with Crippen molar-refractivity contribution in [2.45, 2.75) is 193 Å². The van der Waals surface area contributed by atoms with Gasteiger partial charge in [-0.3, -0.25) is 14.4 Å². The zero-order valence-corrected chi connectivity index (χ0v) is 35.6. The number of rotatable bonds is 43. The highest BCUT2D eigenvalue weighted by Crippen LogP contribution is 2.40. The van der Waals surface area contributed by atoms with Gasteiger partial charge in [0, 0.05) is 19.3 Å². The lowest BCUT2D eigenvalue weighted by Crippen LogP contribution is -2.08. The average molecular weight is 795 g/mol. The minimum absolute atomic E-state index is 0.127. The summed E-state index contributed by atoms with van der Waals surface area (Å²) in [4.78, 5) is 46.2. The number of unbranched alkanes of at least 4 members (excludes halogenated alkanes) is 24. The van der Waals surface area contributed by atoms with Gasteiger partial charge in [0.2, 0.25) is 5.75 Å². The predicted octanol–water partition coefficient (Wildman–Crippen LogP) is 13.5. The Morgan fingerprint density at radius 1 is 0.404 bits per heavy atom. The summed E-state index contributed by atoms with van der Waals surface area (Å²) in [5.74, 6) is 0.735. The lowest BCUT2D eigenvalue weighted by atomic mass is 10.1. The number of carboxylic acids is 1. The number of carbonyl (C=O) groups is 4. The first-order chi connectivity index (χ1) is 27.8. The maximum Gasteiger partial charge on any atom is 0.335 e. The van der Waals surface area contributed by atoms with Crippen LogP contribution in [-0.2, 0) is 14.4 Å². The quantitative estimate of drug-likeness (QED) is 0.0513. The Morgan fingerprint density at radius 3 is 0.912 bits per heavy atom. The van der Waals surface area contributed by atoms with Gasteiger partial charge in [-0.2, -0.15) is 0 Å². The zero-order valence-electron chi connectivity index (χ0n) is 35.6. The highest BCUT2D eigenvalue weighted by molar-refractivity contribution is 5.90. The predicted molar refractivity (Wildman–Crippen MR) is 234 cm³/mol. The highest BCUT2D eigenvalue weighted by Gasteiger charge is 2.19. The Balaban J connectivity index is 2.57. The monoisotopic (exact) mass is 795 g/mol. The molecule has 1 aromatic rings. The van der Waals surface area contributed by atoms with E-state index < -0.39 is 5.97 Å². The molecule has 0 aliphatic carbocycles. The van der Waals surface area contributed by atoms with Gasteiger partial charge in [-0.1, -0.05) is 155 Å². The van der Waals surface area contributed by atoms with E-state index in [2.05, 4.69) is 19.7 Å². The molecule has 0 fully saturated rings. The number of carbonyl (C=O) groups excluding carboxylic acids is 3. The topological polar surface area (TPSA) is 116 Å². The molecule has 0 unspecified atom stereocenters. The number of ether oxygens (including phenoxy) is 3. The lowest BCUT2D eigenvalue weighted by molar-refractivity contribution is -0.115. The van der Waals surface area contributed by atoms with Crippen molar-refractivity contribution in [3.05, 3.63) is 55.7 Å². The third-order valence-corrected chi connectivity index (χ3v) is 10.4. The summed E-state index contributed by atoms with van der Waals surface area (Å²) >= 11 is 0. The molecule has 1 N–H and O–H groups in total. The fourth-order valence-corrected chi connectivity index (χ4v) is 6.82. The highest BCUT2D eigenvalue weighted by atomic mass is 16.5. The van der Waals surface area contributed by atoms with Gasteiger partial charge in [0.05, 0.1) is 25.4 Å². The Labute approximate surface area is 346 Å². The summed E-state index contributed by atoms with van der Waals surface area (Å²) in [5.41, 5.74) is 0.127. The Hall–Kier alpha value is -3.68. The summed E-state index contributed by atoms with van der Waals surface area (Å²) < 4.78 is 18.8. The van der Waals surface area contributed by atoms with Crippen LogP contribution in [-0.4, -0.2) is 48.2 Å². The van der Waals surface area contributed by atoms with Crippen LogP contribution in [0.2, 0.25) is 0 Å². The molecule has 1 rings (SSSR count). The molecule has 0 aromatic heterocycles. The number of carboxylic acid groups (broad SMARTS) is 1. The van der Waals surface area contributed by atoms with Crippen molar-refractivity contribution in [1.29, 1.82) is 0 Å². The second-order valence-corrected chi connectivity index (χ2v) is 15.5. The fourth-order valence-electron chi connectivity index (χ4n) is 6.82. The Morgan fingerprint density at radius 2 is 0.649 bits per heavy atom. The van der Waals surface area contributed by atoms with Gasteiger partial charge in [-0.15, -0.1) is 0 Å². The van der Waals surface area contributed by atoms with E-state index in [0.717, 1.165) is 116 Å². The van der Waals surface area contributed by atoms with Crippen LogP contribution in [0.5, 0.6) is 17.2 Å². The standard InChI is InChI=1S/C49H78O8/c1-4-43(50)34-28-22-16-10-7-13-19-25-31-37-55-46-40-42(49(53)54)41-47(56-38-32-26-20-14-8-11-17-23-29-35-44(51)5-2)48(46)57-39-33-27-21-15-9-12-18-24-30-36-45(52)6-3/h4-6,40-41H,1-3,7-39H2,(H,53,54). The molecule has 0 bridgehead atoms. The zero-order chi connectivity index (χ0) is 41.6. The molecule has 322 valence electrons. The third-order valence-electron chi connectivity index (χ3n) is 10.4. The van der Waals surface area contributed by atoms with Crippen LogP contribution in [0.25, 0.3) is 0 Å². The molecule has 8 heteroatoms. The van der Waals surface area contributed by atoms with Crippen LogP contribution in [0.4, 0.5) is 0 Å². The van der Waals surface area contributed by atoms with Crippen molar-refractivity contribution < 1.29 is 38.5 Å². The summed E-state index contributed by atoms with van der Waals surface area (Å²) in [6.45, 7) is 12.1. The van der Waals surface area contributed by atoms with Gasteiger partial charge in [0.25, 0.3) is 0 Å². The van der Waals surface area contributed by atoms with E-state index in [4.69, 9.17) is 14.2 Å². The molecule has 57 heavy (non-hydrogen) atoms. The van der Waals surface area contributed by atoms with E-state index in [1.165, 1.54) is 76.0 Å². The van der Waals surface area contributed by atoms with E-state index in [0.29, 0.717) is 56.3 Å². The molecule has 0 amide bonds. The van der Waals surface area contributed by atoms with Gasteiger partial charge in [0.15, 0.2) is 28.8 Å². The van der Waals surface area contributed by atoms with Crippen molar-refractivity contribution in [2.75, 3.05) is 19.8 Å². The van der Waals surface area contributed by atoms with Gasteiger partial charge in [-0.25, -0.2) is 4.79 Å². The molecule has 0 saturated carbocycles.